The minimum atomic E-state index is -3.84. The standard InChI is InChI=1S/C28H33N3O4S/c1-2-20-8-13-24(14-9-20)36(34,35)31-28-25-18-23(12-10-22(25)11-15-26(28)32)30-27(33)19-29-17-16-21-6-4-3-5-7-21/h3-10,12-14,18,26,28-29,31-32H,2,11,15-17,19H2,1H3,(H,30,33)/t26-,28-/m1/s1. The fraction of sp³-hybridized carbons (Fsp3) is 0.321. The number of nitrogens with one attached hydrogen (secondary N) is 3. The highest BCUT2D eigenvalue weighted by Crippen LogP contribution is 2.33. The van der Waals surface area contributed by atoms with E-state index in [1.54, 1.807) is 30.3 Å². The van der Waals surface area contributed by atoms with Gasteiger partial charge in [0, 0.05) is 5.69 Å². The van der Waals surface area contributed by atoms with Gasteiger partial charge in [-0.15, -0.1) is 0 Å². The van der Waals surface area contributed by atoms with Gasteiger partial charge in [-0.05, 0) is 78.7 Å². The SMILES string of the molecule is CCc1ccc(S(=O)(=O)N[C@@H]2c3cc(NC(=O)CNCCc4ccccc4)ccc3CC[C@H]2O)cc1. The summed E-state index contributed by atoms with van der Waals surface area (Å²) in [5.74, 6) is -0.187. The van der Waals surface area contributed by atoms with Crippen molar-refractivity contribution in [3.05, 3.63) is 95.1 Å². The van der Waals surface area contributed by atoms with Crippen LogP contribution in [0.1, 0.15) is 41.6 Å². The van der Waals surface area contributed by atoms with Crippen molar-refractivity contribution in [2.45, 2.75) is 49.6 Å². The van der Waals surface area contributed by atoms with Crippen LogP contribution in [0.5, 0.6) is 0 Å². The Morgan fingerprint density at radius 3 is 2.47 bits per heavy atom. The molecule has 3 aromatic rings. The molecular weight excluding hydrogens is 474 g/mol. The second-order valence-corrected chi connectivity index (χ2v) is 10.8. The molecule has 3 aromatic carbocycles. The van der Waals surface area contributed by atoms with Gasteiger partial charge in [0.25, 0.3) is 0 Å². The van der Waals surface area contributed by atoms with Crippen molar-refractivity contribution in [3.63, 3.8) is 0 Å². The summed E-state index contributed by atoms with van der Waals surface area (Å²) in [6.07, 6.45) is 1.86. The average Bonchev–Trinajstić information content (AvgIpc) is 2.89. The van der Waals surface area contributed by atoms with Crippen LogP contribution in [0.2, 0.25) is 0 Å². The van der Waals surface area contributed by atoms with Crippen LogP contribution < -0.4 is 15.4 Å². The predicted octanol–water partition coefficient (Wildman–Crippen LogP) is 3.35. The number of aliphatic hydroxyl groups is 1. The van der Waals surface area contributed by atoms with Crippen LogP contribution in [0.25, 0.3) is 0 Å². The Bertz CT molecular complexity index is 1280. The van der Waals surface area contributed by atoms with E-state index in [0.29, 0.717) is 30.6 Å². The summed E-state index contributed by atoms with van der Waals surface area (Å²) in [6.45, 7) is 2.85. The van der Waals surface area contributed by atoms with E-state index in [2.05, 4.69) is 15.4 Å². The number of benzene rings is 3. The number of amides is 1. The van der Waals surface area contributed by atoms with Crippen LogP contribution in [-0.4, -0.2) is 38.6 Å². The van der Waals surface area contributed by atoms with E-state index >= 15 is 0 Å². The molecule has 0 fully saturated rings. The minimum absolute atomic E-state index is 0.157. The van der Waals surface area contributed by atoms with Gasteiger partial charge in [0.1, 0.15) is 0 Å². The third-order valence-corrected chi connectivity index (χ3v) is 7.96. The fourth-order valence-corrected chi connectivity index (χ4v) is 5.68. The van der Waals surface area contributed by atoms with Gasteiger partial charge in [-0.3, -0.25) is 4.79 Å². The van der Waals surface area contributed by atoms with Crippen LogP contribution in [0.4, 0.5) is 5.69 Å². The Morgan fingerprint density at radius 2 is 1.75 bits per heavy atom. The monoisotopic (exact) mass is 507 g/mol. The smallest absolute Gasteiger partial charge is 0.241 e. The lowest BCUT2D eigenvalue weighted by Crippen LogP contribution is -2.39. The Morgan fingerprint density at radius 1 is 1.00 bits per heavy atom. The van der Waals surface area contributed by atoms with E-state index in [4.69, 9.17) is 0 Å². The molecule has 0 heterocycles. The highest BCUT2D eigenvalue weighted by atomic mass is 32.2. The first-order chi connectivity index (χ1) is 17.4. The van der Waals surface area contributed by atoms with E-state index in [1.165, 1.54) is 5.56 Å². The molecule has 1 aliphatic carbocycles. The molecule has 36 heavy (non-hydrogen) atoms. The van der Waals surface area contributed by atoms with Gasteiger partial charge >= 0.3 is 0 Å². The molecule has 0 spiro atoms. The van der Waals surface area contributed by atoms with Crippen molar-refractivity contribution in [3.8, 4) is 0 Å². The molecule has 0 bridgehead atoms. The molecule has 8 heteroatoms. The zero-order valence-corrected chi connectivity index (χ0v) is 21.2. The van der Waals surface area contributed by atoms with Crippen LogP contribution in [0.15, 0.2) is 77.7 Å². The Kier molecular flexibility index (Phi) is 8.53. The summed E-state index contributed by atoms with van der Waals surface area (Å²) in [5, 5.41) is 16.7. The first kappa shape index (κ1) is 26.0. The molecule has 1 amide bonds. The van der Waals surface area contributed by atoms with Crippen molar-refractivity contribution >= 4 is 21.6 Å². The number of hydrogen-bond acceptors (Lipinski definition) is 5. The Hall–Kier alpha value is -3.04. The van der Waals surface area contributed by atoms with Gasteiger partial charge in [-0.25, -0.2) is 13.1 Å². The van der Waals surface area contributed by atoms with Crippen LogP contribution in [0, 0.1) is 0 Å². The molecule has 190 valence electrons. The lowest BCUT2D eigenvalue weighted by Gasteiger charge is -2.31. The maximum atomic E-state index is 13.1. The third-order valence-electron chi connectivity index (χ3n) is 6.50. The van der Waals surface area contributed by atoms with Gasteiger partial charge in [0.05, 0.1) is 23.6 Å². The number of hydrogen-bond donors (Lipinski definition) is 4. The summed E-state index contributed by atoms with van der Waals surface area (Å²) >= 11 is 0. The van der Waals surface area contributed by atoms with Crippen molar-refractivity contribution < 1.29 is 18.3 Å². The molecule has 4 rings (SSSR count). The highest BCUT2D eigenvalue weighted by molar-refractivity contribution is 7.89. The average molecular weight is 508 g/mol. The largest absolute Gasteiger partial charge is 0.391 e. The van der Waals surface area contributed by atoms with Gasteiger partial charge < -0.3 is 15.7 Å². The molecule has 1 aliphatic rings. The number of anilines is 1. The predicted molar refractivity (Wildman–Crippen MR) is 141 cm³/mol. The molecule has 0 saturated carbocycles. The Labute approximate surface area is 213 Å². The molecule has 4 N–H and O–H groups in total. The van der Waals surface area contributed by atoms with E-state index < -0.39 is 22.2 Å². The van der Waals surface area contributed by atoms with E-state index in [1.807, 2.05) is 49.4 Å². The molecular formula is C28H33N3O4S. The van der Waals surface area contributed by atoms with Crippen molar-refractivity contribution in [2.24, 2.45) is 0 Å². The van der Waals surface area contributed by atoms with Gasteiger partial charge in [0.2, 0.25) is 15.9 Å². The molecule has 7 nitrogen and oxygen atoms in total. The quantitative estimate of drug-likeness (QED) is 0.315. The van der Waals surface area contributed by atoms with Crippen molar-refractivity contribution in [1.29, 1.82) is 0 Å². The number of sulfonamides is 1. The molecule has 0 saturated heterocycles. The molecule has 0 aliphatic heterocycles. The summed E-state index contributed by atoms with van der Waals surface area (Å²) in [6, 6.07) is 21.5. The minimum Gasteiger partial charge on any atom is -0.391 e. The number of carbonyl (C=O) groups excluding carboxylic acids is 1. The summed E-state index contributed by atoms with van der Waals surface area (Å²) in [7, 11) is -3.84. The van der Waals surface area contributed by atoms with E-state index in [9.17, 15) is 18.3 Å². The van der Waals surface area contributed by atoms with Crippen LogP contribution in [-0.2, 0) is 34.1 Å². The van der Waals surface area contributed by atoms with Crippen LogP contribution >= 0.6 is 0 Å². The second kappa shape index (κ2) is 11.8. The topological polar surface area (TPSA) is 108 Å². The lowest BCUT2D eigenvalue weighted by atomic mass is 9.86. The summed E-state index contributed by atoms with van der Waals surface area (Å²) < 4.78 is 28.8. The summed E-state index contributed by atoms with van der Waals surface area (Å²) in [5.41, 5.74) is 4.44. The van der Waals surface area contributed by atoms with Gasteiger partial charge in [-0.2, -0.15) is 0 Å². The number of carbonyl (C=O) groups is 1. The zero-order chi connectivity index (χ0) is 25.5. The fourth-order valence-electron chi connectivity index (χ4n) is 4.43. The maximum absolute atomic E-state index is 13.1. The number of rotatable bonds is 10. The molecule has 0 radical (unpaired) electrons. The zero-order valence-electron chi connectivity index (χ0n) is 20.4. The normalized spacial score (nSPS) is 17.4. The molecule has 0 aromatic heterocycles. The highest BCUT2D eigenvalue weighted by Gasteiger charge is 2.32. The summed E-state index contributed by atoms with van der Waals surface area (Å²) in [4.78, 5) is 12.6. The van der Waals surface area contributed by atoms with Gasteiger partial charge in [-0.1, -0.05) is 55.5 Å². The van der Waals surface area contributed by atoms with E-state index in [-0.39, 0.29) is 17.3 Å². The Balaban J connectivity index is 1.41. The first-order valence-electron chi connectivity index (χ1n) is 12.3. The number of aryl methyl sites for hydroxylation is 2. The molecule has 0 unspecified atom stereocenters. The van der Waals surface area contributed by atoms with E-state index in [0.717, 1.165) is 24.0 Å². The lowest BCUT2D eigenvalue weighted by molar-refractivity contribution is -0.115. The number of aliphatic hydroxyl groups excluding tert-OH is 1. The van der Waals surface area contributed by atoms with Gasteiger partial charge in [0.15, 0.2) is 0 Å². The third kappa shape index (κ3) is 6.59. The number of fused-ring (bicyclic) bond motifs is 1. The second-order valence-electron chi connectivity index (χ2n) is 9.08. The molecule has 2 atom stereocenters. The van der Waals surface area contributed by atoms with Crippen molar-refractivity contribution in [1.82, 2.24) is 10.0 Å². The van der Waals surface area contributed by atoms with Crippen LogP contribution in [0.3, 0.4) is 0 Å². The van der Waals surface area contributed by atoms with Crippen molar-refractivity contribution in [2.75, 3.05) is 18.4 Å². The maximum Gasteiger partial charge on any atom is 0.241 e. The first-order valence-corrected chi connectivity index (χ1v) is 13.8.